The molecule has 7 nitrogen and oxygen atoms in total. The first-order valence-electron chi connectivity index (χ1n) is 10.6. The molecule has 2 aliphatic heterocycles. The van der Waals surface area contributed by atoms with Crippen molar-refractivity contribution in [2.45, 2.75) is 39.4 Å². The number of guanidine groups is 1. The molecule has 2 aliphatic rings. The number of nitrogens with zero attached hydrogens (tertiary/aromatic N) is 5. The first-order chi connectivity index (χ1) is 13.5. The summed E-state index contributed by atoms with van der Waals surface area (Å²) in [6.07, 6.45) is 1.92. The highest BCUT2D eigenvalue weighted by molar-refractivity contribution is 5.80. The number of likely N-dealkylation sites (N-methyl/N-ethyl adjacent to an activating group) is 1. The van der Waals surface area contributed by atoms with E-state index in [2.05, 4.69) is 75.3 Å². The summed E-state index contributed by atoms with van der Waals surface area (Å²) in [7, 11) is 4.02. The summed E-state index contributed by atoms with van der Waals surface area (Å²) in [6, 6.07) is 5.31. The summed E-state index contributed by atoms with van der Waals surface area (Å²) in [5.74, 6) is 2.57. The van der Waals surface area contributed by atoms with Crippen molar-refractivity contribution in [2.75, 3.05) is 58.3 Å². The molecule has 3 heterocycles. The van der Waals surface area contributed by atoms with E-state index in [1.165, 1.54) is 5.56 Å². The maximum atomic E-state index is 4.58. The summed E-state index contributed by atoms with van der Waals surface area (Å²) >= 11 is 0. The van der Waals surface area contributed by atoms with Crippen molar-refractivity contribution in [3.8, 4) is 0 Å². The smallest absolute Gasteiger partial charge is 0.191 e. The van der Waals surface area contributed by atoms with E-state index in [9.17, 15) is 0 Å². The van der Waals surface area contributed by atoms with E-state index in [4.69, 9.17) is 0 Å². The third kappa shape index (κ3) is 5.35. The molecule has 2 unspecified atom stereocenters. The Kier molecular flexibility index (Phi) is 7.13. The molecule has 2 N–H and O–H groups in total. The Balaban J connectivity index is 1.53. The number of anilines is 1. The Morgan fingerprint density at radius 2 is 2.00 bits per heavy atom. The van der Waals surface area contributed by atoms with Gasteiger partial charge in [-0.2, -0.15) is 0 Å². The second-order valence-electron chi connectivity index (χ2n) is 8.51. The van der Waals surface area contributed by atoms with Crippen LogP contribution in [0.5, 0.6) is 0 Å². The van der Waals surface area contributed by atoms with Crippen molar-refractivity contribution in [1.29, 1.82) is 0 Å². The van der Waals surface area contributed by atoms with E-state index in [-0.39, 0.29) is 0 Å². The highest BCUT2D eigenvalue weighted by Crippen LogP contribution is 2.19. The molecule has 0 aliphatic carbocycles. The van der Waals surface area contributed by atoms with Gasteiger partial charge in [-0.1, -0.05) is 6.92 Å². The number of hydrogen-bond acceptors (Lipinski definition) is 5. The second-order valence-corrected chi connectivity index (χ2v) is 8.51. The van der Waals surface area contributed by atoms with Gasteiger partial charge in [0.1, 0.15) is 5.82 Å². The molecule has 0 radical (unpaired) electrons. The zero-order chi connectivity index (χ0) is 20.1. The molecule has 2 fully saturated rings. The van der Waals surface area contributed by atoms with E-state index >= 15 is 0 Å². The van der Waals surface area contributed by atoms with Gasteiger partial charge in [0.05, 0.1) is 0 Å². The second kappa shape index (κ2) is 9.56. The summed E-state index contributed by atoms with van der Waals surface area (Å²) in [5.41, 5.74) is 1.23. The SMILES string of the molecule is CN=C(NCc1ccnc(N2CCN(C)CC2)c1)NC1CN(C(C)C)CC1C. The van der Waals surface area contributed by atoms with Gasteiger partial charge in [0, 0.05) is 71.1 Å². The molecule has 1 aromatic heterocycles. The van der Waals surface area contributed by atoms with Crippen LogP contribution < -0.4 is 15.5 Å². The van der Waals surface area contributed by atoms with Crippen LogP contribution in [-0.2, 0) is 6.54 Å². The molecule has 0 saturated carbocycles. The van der Waals surface area contributed by atoms with Crippen LogP contribution in [0.15, 0.2) is 23.3 Å². The number of aliphatic imine (C=N–C) groups is 1. The molecular weight excluding hydrogens is 350 g/mol. The Labute approximate surface area is 170 Å². The van der Waals surface area contributed by atoms with Crippen LogP contribution in [0.4, 0.5) is 5.82 Å². The molecule has 3 rings (SSSR count). The molecule has 2 atom stereocenters. The summed E-state index contributed by atoms with van der Waals surface area (Å²) in [4.78, 5) is 16.3. The molecule has 7 heteroatoms. The molecule has 1 aromatic rings. The number of likely N-dealkylation sites (tertiary alicyclic amines) is 1. The van der Waals surface area contributed by atoms with Crippen LogP contribution in [0.25, 0.3) is 0 Å². The first-order valence-corrected chi connectivity index (χ1v) is 10.6. The summed E-state index contributed by atoms with van der Waals surface area (Å²) in [6.45, 7) is 14.1. The van der Waals surface area contributed by atoms with Crippen LogP contribution in [0.1, 0.15) is 26.3 Å². The van der Waals surface area contributed by atoms with Gasteiger partial charge in [0.25, 0.3) is 0 Å². The Hall–Kier alpha value is -1.86. The number of aromatic nitrogens is 1. The van der Waals surface area contributed by atoms with Gasteiger partial charge in [-0.05, 0) is 44.5 Å². The number of pyridine rings is 1. The van der Waals surface area contributed by atoms with Gasteiger partial charge in [-0.3, -0.25) is 9.89 Å². The number of nitrogens with one attached hydrogen (secondary N) is 2. The van der Waals surface area contributed by atoms with Gasteiger partial charge in [-0.15, -0.1) is 0 Å². The predicted octanol–water partition coefficient (Wildman–Crippen LogP) is 1.23. The standard InChI is InChI=1S/C21H37N7/c1-16(2)28-14-17(3)19(15-28)25-21(22-4)24-13-18-6-7-23-20(12-18)27-10-8-26(5)9-11-27/h6-7,12,16-17,19H,8-11,13-15H2,1-5H3,(H2,22,24,25). The van der Waals surface area contributed by atoms with Crippen LogP contribution in [0.2, 0.25) is 0 Å². The minimum atomic E-state index is 0.437. The zero-order valence-electron chi connectivity index (χ0n) is 18.1. The minimum absolute atomic E-state index is 0.437. The van der Waals surface area contributed by atoms with Gasteiger partial charge in [0.2, 0.25) is 0 Å². The highest BCUT2D eigenvalue weighted by atomic mass is 15.3. The Morgan fingerprint density at radius 1 is 1.25 bits per heavy atom. The average molecular weight is 388 g/mol. The Morgan fingerprint density at radius 3 is 2.64 bits per heavy atom. The van der Waals surface area contributed by atoms with Gasteiger partial charge < -0.3 is 20.4 Å². The molecule has 2 saturated heterocycles. The minimum Gasteiger partial charge on any atom is -0.354 e. The largest absolute Gasteiger partial charge is 0.354 e. The zero-order valence-corrected chi connectivity index (χ0v) is 18.1. The Bertz CT molecular complexity index is 652. The predicted molar refractivity (Wildman–Crippen MR) is 117 cm³/mol. The monoisotopic (exact) mass is 387 g/mol. The number of piperazine rings is 1. The molecular formula is C21H37N7. The van der Waals surface area contributed by atoms with Gasteiger partial charge in [-0.25, -0.2) is 4.98 Å². The fourth-order valence-electron chi connectivity index (χ4n) is 3.95. The van der Waals surface area contributed by atoms with Gasteiger partial charge >= 0.3 is 0 Å². The van der Waals surface area contributed by atoms with Crippen LogP contribution >= 0.6 is 0 Å². The summed E-state index contributed by atoms with van der Waals surface area (Å²) in [5, 5.41) is 7.10. The van der Waals surface area contributed by atoms with E-state index in [1.807, 2.05) is 13.2 Å². The van der Waals surface area contributed by atoms with E-state index in [0.29, 0.717) is 18.0 Å². The van der Waals surface area contributed by atoms with Crippen LogP contribution in [-0.4, -0.2) is 86.2 Å². The molecule has 156 valence electrons. The third-order valence-corrected chi connectivity index (χ3v) is 6.01. The van der Waals surface area contributed by atoms with Crippen molar-refractivity contribution >= 4 is 11.8 Å². The quantitative estimate of drug-likeness (QED) is 0.585. The topological polar surface area (TPSA) is 59.0 Å². The van der Waals surface area contributed by atoms with Crippen LogP contribution in [0, 0.1) is 5.92 Å². The van der Waals surface area contributed by atoms with Crippen LogP contribution in [0.3, 0.4) is 0 Å². The fraction of sp³-hybridized carbons (Fsp3) is 0.714. The maximum absolute atomic E-state index is 4.58. The van der Waals surface area contributed by atoms with Crippen molar-refractivity contribution < 1.29 is 0 Å². The van der Waals surface area contributed by atoms with E-state index in [1.54, 1.807) is 0 Å². The lowest BCUT2D eigenvalue weighted by molar-refractivity contribution is 0.265. The number of rotatable bonds is 5. The molecule has 0 bridgehead atoms. The fourth-order valence-corrected chi connectivity index (χ4v) is 3.95. The average Bonchev–Trinajstić information content (AvgIpc) is 3.06. The van der Waals surface area contributed by atoms with Crippen molar-refractivity contribution in [3.05, 3.63) is 23.9 Å². The molecule has 28 heavy (non-hydrogen) atoms. The van der Waals surface area contributed by atoms with E-state index in [0.717, 1.165) is 57.6 Å². The molecule has 0 spiro atoms. The number of hydrogen-bond donors (Lipinski definition) is 2. The molecule has 0 amide bonds. The lowest BCUT2D eigenvalue weighted by Crippen LogP contribution is -2.46. The molecule has 0 aromatic carbocycles. The van der Waals surface area contributed by atoms with Gasteiger partial charge in [0.15, 0.2) is 5.96 Å². The maximum Gasteiger partial charge on any atom is 0.191 e. The third-order valence-electron chi connectivity index (χ3n) is 6.01. The van der Waals surface area contributed by atoms with Crippen molar-refractivity contribution in [1.82, 2.24) is 25.4 Å². The lowest BCUT2D eigenvalue weighted by Gasteiger charge is -2.33. The van der Waals surface area contributed by atoms with Crippen molar-refractivity contribution in [2.24, 2.45) is 10.9 Å². The highest BCUT2D eigenvalue weighted by Gasteiger charge is 2.31. The van der Waals surface area contributed by atoms with Crippen molar-refractivity contribution in [3.63, 3.8) is 0 Å². The lowest BCUT2D eigenvalue weighted by atomic mass is 10.1. The van der Waals surface area contributed by atoms with E-state index < -0.39 is 0 Å². The normalized spacial score (nSPS) is 24.8. The first kappa shape index (κ1) is 20.9. The summed E-state index contributed by atoms with van der Waals surface area (Å²) < 4.78 is 0.